The SMILES string of the molecule is CCN(CC)C(=O)NC1CCCOc2c(F)cccc21. The molecule has 1 unspecified atom stereocenters. The zero-order valence-corrected chi connectivity index (χ0v) is 12.0. The number of halogens is 1. The first kappa shape index (κ1) is 14.6. The van der Waals surface area contributed by atoms with Crippen molar-refractivity contribution in [2.75, 3.05) is 19.7 Å². The molecule has 0 spiro atoms. The summed E-state index contributed by atoms with van der Waals surface area (Å²) in [5, 5.41) is 2.98. The standard InChI is InChI=1S/C15H21FN2O2/c1-3-18(4-2)15(19)17-13-9-6-10-20-14-11(13)7-5-8-12(14)16/h5,7-8,13H,3-4,6,9-10H2,1-2H3,(H,17,19). The van der Waals surface area contributed by atoms with Crippen LogP contribution >= 0.6 is 0 Å². The number of urea groups is 1. The van der Waals surface area contributed by atoms with Gasteiger partial charge in [0, 0.05) is 18.7 Å². The van der Waals surface area contributed by atoms with Gasteiger partial charge in [0.25, 0.3) is 0 Å². The van der Waals surface area contributed by atoms with Gasteiger partial charge in [0.05, 0.1) is 12.6 Å². The van der Waals surface area contributed by atoms with Crippen molar-refractivity contribution in [2.24, 2.45) is 0 Å². The van der Waals surface area contributed by atoms with E-state index in [9.17, 15) is 9.18 Å². The number of fused-ring (bicyclic) bond motifs is 1. The molecule has 5 heteroatoms. The summed E-state index contributed by atoms with van der Waals surface area (Å²) in [7, 11) is 0. The van der Waals surface area contributed by atoms with Crippen LogP contribution in [0.2, 0.25) is 0 Å². The first-order valence-electron chi connectivity index (χ1n) is 7.14. The van der Waals surface area contributed by atoms with Crippen LogP contribution in [0.25, 0.3) is 0 Å². The van der Waals surface area contributed by atoms with Crippen molar-refractivity contribution in [3.05, 3.63) is 29.6 Å². The fraction of sp³-hybridized carbons (Fsp3) is 0.533. The van der Waals surface area contributed by atoms with Crippen molar-refractivity contribution in [1.82, 2.24) is 10.2 Å². The van der Waals surface area contributed by atoms with Crippen molar-refractivity contribution in [3.8, 4) is 5.75 Å². The van der Waals surface area contributed by atoms with Gasteiger partial charge in [-0.3, -0.25) is 0 Å². The van der Waals surface area contributed by atoms with Gasteiger partial charge in [-0.05, 0) is 32.8 Å². The Hall–Kier alpha value is -1.78. The minimum absolute atomic E-state index is 0.114. The van der Waals surface area contributed by atoms with E-state index < -0.39 is 0 Å². The molecule has 110 valence electrons. The molecule has 0 aromatic heterocycles. The number of hydrogen-bond acceptors (Lipinski definition) is 2. The lowest BCUT2D eigenvalue weighted by Gasteiger charge is -2.24. The van der Waals surface area contributed by atoms with Crippen LogP contribution in [-0.4, -0.2) is 30.6 Å². The molecule has 0 radical (unpaired) electrons. The van der Waals surface area contributed by atoms with Gasteiger partial charge >= 0.3 is 6.03 Å². The molecule has 1 aliphatic heterocycles. The van der Waals surface area contributed by atoms with Crippen molar-refractivity contribution in [1.29, 1.82) is 0 Å². The Balaban J connectivity index is 2.21. The van der Waals surface area contributed by atoms with Crippen LogP contribution in [0, 0.1) is 5.82 Å². The molecule has 0 saturated carbocycles. The first-order valence-corrected chi connectivity index (χ1v) is 7.14. The minimum atomic E-state index is -0.369. The highest BCUT2D eigenvalue weighted by Crippen LogP contribution is 2.33. The second kappa shape index (κ2) is 6.59. The average molecular weight is 280 g/mol. The molecule has 0 bridgehead atoms. The summed E-state index contributed by atoms with van der Waals surface area (Å²) in [5.74, 6) is -0.0960. The minimum Gasteiger partial charge on any atom is -0.490 e. The fourth-order valence-electron chi connectivity index (χ4n) is 2.47. The molecule has 1 aromatic rings. The van der Waals surface area contributed by atoms with Gasteiger partial charge in [-0.2, -0.15) is 0 Å². The van der Waals surface area contributed by atoms with E-state index in [1.54, 1.807) is 11.0 Å². The zero-order chi connectivity index (χ0) is 14.5. The summed E-state index contributed by atoms with van der Waals surface area (Å²) in [6.07, 6.45) is 1.54. The molecule has 0 aliphatic carbocycles. The quantitative estimate of drug-likeness (QED) is 0.924. The average Bonchev–Trinajstić information content (AvgIpc) is 2.64. The smallest absolute Gasteiger partial charge is 0.317 e. The third-order valence-electron chi connectivity index (χ3n) is 3.60. The van der Waals surface area contributed by atoms with Crippen molar-refractivity contribution < 1.29 is 13.9 Å². The van der Waals surface area contributed by atoms with Gasteiger partial charge in [-0.25, -0.2) is 9.18 Å². The monoisotopic (exact) mass is 280 g/mol. The van der Waals surface area contributed by atoms with Gasteiger partial charge in [-0.15, -0.1) is 0 Å². The lowest BCUT2D eigenvalue weighted by atomic mass is 10.0. The Morgan fingerprint density at radius 3 is 2.90 bits per heavy atom. The number of nitrogens with zero attached hydrogens (tertiary/aromatic N) is 1. The highest BCUT2D eigenvalue weighted by atomic mass is 19.1. The number of para-hydroxylation sites is 1. The summed E-state index contributed by atoms with van der Waals surface area (Å²) in [4.78, 5) is 13.9. The number of rotatable bonds is 3. The van der Waals surface area contributed by atoms with Crippen LogP contribution in [0.3, 0.4) is 0 Å². The van der Waals surface area contributed by atoms with Crippen LogP contribution < -0.4 is 10.1 Å². The molecule has 2 rings (SSSR count). The van der Waals surface area contributed by atoms with Crippen LogP contribution in [-0.2, 0) is 0 Å². The third-order valence-corrected chi connectivity index (χ3v) is 3.60. The second-order valence-corrected chi connectivity index (χ2v) is 4.82. The highest BCUT2D eigenvalue weighted by molar-refractivity contribution is 5.74. The van der Waals surface area contributed by atoms with E-state index in [2.05, 4.69) is 5.32 Å². The largest absolute Gasteiger partial charge is 0.490 e. The molecule has 0 saturated heterocycles. The van der Waals surface area contributed by atoms with Crippen molar-refractivity contribution in [3.63, 3.8) is 0 Å². The maximum atomic E-state index is 13.8. The molecule has 2 amide bonds. The summed E-state index contributed by atoms with van der Waals surface area (Å²) in [5.41, 5.74) is 0.725. The van der Waals surface area contributed by atoms with Gasteiger partial charge < -0.3 is 15.0 Å². The Morgan fingerprint density at radius 1 is 1.45 bits per heavy atom. The number of amides is 2. The molecule has 4 nitrogen and oxygen atoms in total. The summed E-state index contributed by atoms with van der Waals surface area (Å²) < 4.78 is 19.3. The normalized spacial score (nSPS) is 17.6. The highest BCUT2D eigenvalue weighted by Gasteiger charge is 2.24. The number of carbonyl (C=O) groups is 1. The summed E-state index contributed by atoms with van der Waals surface area (Å²) in [6.45, 7) is 5.66. The van der Waals surface area contributed by atoms with Crippen LogP contribution in [0.4, 0.5) is 9.18 Å². The zero-order valence-electron chi connectivity index (χ0n) is 12.0. The Morgan fingerprint density at radius 2 is 2.20 bits per heavy atom. The Labute approximate surface area is 118 Å². The lowest BCUT2D eigenvalue weighted by molar-refractivity contribution is 0.198. The predicted octanol–water partition coefficient (Wildman–Crippen LogP) is 3.09. The molecular formula is C15H21FN2O2. The molecule has 1 N–H and O–H groups in total. The van der Waals surface area contributed by atoms with Crippen LogP contribution in [0.15, 0.2) is 18.2 Å². The molecule has 20 heavy (non-hydrogen) atoms. The molecule has 1 atom stereocenters. The molecule has 0 fully saturated rings. The number of nitrogens with one attached hydrogen (secondary N) is 1. The van der Waals surface area contributed by atoms with E-state index in [-0.39, 0.29) is 23.6 Å². The van der Waals surface area contributed by atoms with Crippen molar-refractivity contribution in [2.45, 2.75) is 32.7 Å². The van der Waals surface area contributed by atoms with E-state index in [4.69, 9.17) is 4.74 Å². The van der Waals surface area contributed by atoms with Gasteiger partial charge in [0.1, 0.15) is 0 Å². The third kappa shape index (κ3) is 3.03. The molecule has 1 heterocycles. The topological polar surface area (TPSA) is 41.6 Å². The van der Waals surface area contributed by atoms with Crippen LogP contribution in [0.5, 0.6) is 5.75 Å². The van der Waals surface area contributed by atoms with E-state index in [1.165, 1.54) is 6.07 Å². The summed E-state index contributed by atoms with van der Waals surface area (Å²) >= 11 is 0. The first-order chi connectivity index (χ1) is 9.67. The number of benzene rings is 1. The van der Waals surface area contributed by atoms with Crippen LogP contribution in [0.1, 0.15) is 38.3 Å². The van der Waals surface area contributed by atoms with Gasteiger partial charge in [0.2, 0.25) is 0 Å². The van der Waals surface area contributed by atoms with Gasteiger partial charge in [0.15, 0.2) is 11.6 Å². The van der Waals surface area contributed by atoms with E-state index in [1.807, 2.05) is 19.9 Å². The maximum Gasteiger partial charge on any atom is 0.317 e. The molecular weight excluding hydrogens is 259 g/mol. The van der Waals surface area contributed by atoms with Gasteiger partial charge in [-0.1, -0.05) is 12.1 Å². The van der Waals surface area contributed by atoms with E-state index in [0.29, 0.717) is 19.7 Å². The Bertz CT molecular complexity index is 475. The number of ether oxygens (including phenoxy) is 1. The Kier molecular flexibility index (Phi) is 4.82. The second-order valence-electron chi connectivity index (χ2n) is 4.82. The lowest BCUT2D eigenvalue weighted by Crippen LogP contribution is -2.41. The maximum absolute atomic E-state index is 13.8. The molecule has 1 aliphatic rings. The predicted molar refractivity (Wildman–Crippen MR) is 75.3 cm³/mol. The fourth-order valence-corrected chi connectivity index (χ4v) is 2.47. The number of hydrogen-bond donors (Lipinski definition) is 1. The number of carbonyl (C=O) groups excluding carboxylic acids is 1. The molecule has 1 aromatic carbocycles. The van der Waals surface area contributed by atoms with E-state index in [0.717, 1.165) is 18.4 Å². The summed E-state index contributed by atoms with van der Waals surface area (Å²) in [6, 6.07) is 4.54. The van der Waals surface area contributed by atoms with Crippen molar-refractivity contribution >= 4 is 6.03 Å². The van der Waals surface area contributed by atoms with E-state index >= 15 is 0 Å².